The van der Waals surface area contributed by atoms with E-state index in [1.807, 2.05) is 6.07 Å². The average Bonchev–Trinajstić information content (AvgIpc) is 2.51. The summed E-state index contributed by atoms with van der Waals surface area (Å²) in [7, 11) is 0. The zero-order valence-corrected chi connectivity index (χ0v) is 12.2. The van der Waals surface area contributed by atoms with Crippen LogP contribution in [0, 0.1) is 6.92 Å². The Kier molecular flexibility index (Phi) is 6.30. The predicted molar refractivity (Wildman–Crippen MR) is 82.6 cm³/mol. The van der Waals surface area contributed by atoms with Crippen molar-refractivity contribution in [1.82, 2.24) is 0 Å². The van der Waals surface area contributed by atoms with Crippen molar-refractivity contribution < 1.29 is 29.3 Å². The van der Waals surface area contributed by atoms with Gasteiger partial charge in [0.15, 0.2) is 0 Å². The Hall–Kier alpha value is -3.35. The van der Waals surface area contributed by atoms with Crippen LogP contribution < -0.4 is 10.5 Å². The van der Waals surface area contributed by atoms with Crippen molar-refractivity contribution in [3.8, 4) is 5.75 Å². The molecule has 0 aliphatic carbocycles. The Morgan fingerprint density at radius 1 is 1.04 bits per heavy atom. The van der Waals surface area contributed by atoms with E-state index in [0.717, 1.165) is 0 Å². The Labute approximate surface area is 131 Å². The van der Waals surface area contributed by atoms with Crippen molar-refractivity contribution in [2.24, 2.45) is 0 Å². The molecular weight excluding hydrogens is 302 g/mol. The van der Waals surface area contributed by atoms with E-state index in [-0.39, 0.29) is 16.8 Å². The van der Waals surface area contributed by atoms with E-state index in [4.69, 9.17) is 15.9 Å². The van der Waals surface area contributed by atoms with Crippen LogP contribution in [0.2, 0.25) is 0 Å². The summed E-state index contributed by atoms with van der Waals surface area (Å²) in [5, 5.41) is 17.4. The van der Waals surface area contributed by atoms with Crippen molar-refractivity contribution in [1.29, 1.82) is 0 Å². The SMILES string of the molecule is Cc1cc(C(=O)O)c(N)c(C(=O)O)c1.O=COc1ccccc1. The number of carboxylic acids is 2. The highest BCUT2D eigenvalue weighted by atomic mass is 16.5. The Morgan fingerprint density at radius 3 is 1.91 bits per heavy atom. The Morgan fingerprint density at radius 2 is 1.52 bits per heavy atom. The molecule has 0 saturated carbocycles. The lowest BCUT2D eigenvalue weighted by atomic mass is 10.0. The number of para-hydroxylation sites is 1. The van der Waals surface area contributed by atoms with Crippen molar-refractivity contribution in [2.75, 3.05) is 5.73 Å². The van der Waals surface area contributed by atoms with Crippen LogP contribution in [-0.4, -0.2) is 28.6 Å². The first-order chi connectivity index (χ1) is 10.9. The molecule has 0 saturated heterocycles. The minimum absolute atomic E-state index is 0.178. The molecule has 7 nitrogen and oxygen atoms in total. The van der Waals surface area contributed by atoms with Crippen molar-refractivity contribution in [3.63, 3.8) is 0 Å². The van der Waals surface area contributed by atoms with E-state index >= 15 is 0 Å². The van der Waals surface area contributed by atoms with Crippen LogP contribution in [0.3, 0.4) is 0 Å². The monoisotopic (exact) mass is 317 g/mol. The fourth-order valence-corrected chi connectivity index (χ4v) is 1.71. The van der Waals surface area contributed by atoms with Gasteiger partial charge in [-0.25, -0.2) is 9.59 Å². The molecule has 2 aromatic rings. The van der Waals surface area contributed by atoms with Crippen LogP contribution in [0.15, 0.2) is 42.5 Å². The first-order valence-electron chi connectivity index (χ1n) is 6.39. The average molecular weight is 317 g/mol. The van der Waals surface area contributed by atoms with Gasteiger partial charge in [0.05, 0.1) is 16.8 Å². The summed E-state index contributed by atoms with van der Waals surface area (Å²) in [5.74, 6) is -1.88. The molecule has 0 aromatic heterocycles. The summed E-state index contributed by atoms with van der Waals surface area (Å²) in [6.45, 7) is 2.02. The fraction of sp³-hybridized carbons (Fsp3) is 0.0625. The highest BCUT2D eigenvalue weighted by molar-refractivity contribution is 6.02. The topological polar surface area (TPSA) is 127 Å². The Balaban J connectivity index is 0.000000253. The molecule has 0 aliphatic rings. The zero-order valence-electron chi connectivity index (χ0n) is 12.2. The van der Waals surface area contributed by atoms with Crippen LogP contribution in [0.1, 0.15) is 26.3 Å². The van der Waals surface area contributed by atoms with Gasteiger partial charge in [0.1, 0.15) is 5.75 Å². The van der Waals surface area contributed by atoms with Gasteiger partial charge in [-0.3, -0.25) is 4.79 Å². The standard InChI is InChI=1S/C9H9NO4.C7H6O2/c1-4-2-5(8(11)12)7(10)6(3-4)9(13)14;8-6-9-7-4-2-1-3-5-7/h2-3H,10H2,1H3,(H,11,12)(H,13,14);1-6H. The number of anilines is 1. The van der Waals surface area contributed by atoms with Crippen LogP contribution >= 0.6 is 0 Å². The van der Waals surface area contributed by atoms with Crippen LogP contribution in [0.4, 0.5) is 5.69 Å². The first kappa shape index (κ1) is 17.7. The van der Waals surface area contributed by atoms with Gasteiger partial charge in [0, 0.05) is 0 Å². The van der Waals surface area contributed by atoms with Crippen LogP contribution in [0.25, 0.3) is 0 Å². The molecule has 0 unspecified atom stereocenters. The van der Waals surface area contributed by atoms with Gasteiger partial charge in [0.2, 0.25) is 0 Å². The number of hydrogen-bond acceptors (Lipinski definition) is 5. The van der Waals surface area contributed by atoms with Crippen LogP contribution in [0.5, 0.6) is 5.75 Å². The molecule has 0 fully saturated rings. The summed E-state index contributed by atoms with van der Waals surface area (Å²) in [6, 6.07) is 11.6. The number of nitrogens with two attached hydrogens (primary N) is 1. The third kappa shape index (κ3) is 5.16. The molecule has 7 heteroatoms. The summed E-state index contributed by atoms with van der Waals surface area (Å²) in [4.78, 5) is 31.1. The minimum atomic E-state index is -1.23. The summed E-state index contributed by atoms with van der Waals surface area (Å²) in [5.41, 5.74) is 5.37. The number of carboxylic acid groups (broad SMARTS) is 2. The third-order valence-corrected chi connectivity index (χ3v) is 2.71. The number of carbonyl (C=O) groups is 3. The number of hydrogen-bond donors (Lipinski definition) is 3. The second-order valence-corrected chi connectivity index (χ2v) is 4.41. The van der Waals surface area contributed by atoms with Gasteiger partial charge in [-0.15, -0.1) is 0 Å². The molecule has 2 rings (SSSR count). The number of ether oxygens (including phenoxy) is 1. The number of carbonyl (C=O) groups excluding carboxylic acids is 1. The summed E-state index contributed by atoms with van der Waals surface area (Å²) in [6.07, 6.45) is 0. The summed E-state index contributed by atoms with van der Waals surface area (Å²) < 4.78 is 4.53. The molecule has 0 amide bonds. The molecule has 0 aliphatic heterocycles. The molecule has 2 aromatic carbocycles. The van der Waals surface area contributed by atoms with Crippen molar-refractivity contribution >= 4 is 24.1 Å². The fourth-order valence-electron chi connectivity index (χ4n) is 1.71. The quantitative estimate of drug-likeness (QED) is 0.582. The number of aryl methyl sites for hydroxylation is 1. The first-order valence-corrected chi connectivity index (χ1v) is 6.39. The lowest BCUT2D eigenvalue weighted by molar-refractivity contribution is -0.120. The highest BCUT2D eigenvalue weighted by Gasteiger charge is 2.16. The van der Waals surface area contributed by atoms with E-state index in [1.54, 1.807) is 31.2 Å². The van der Waals surface area contributed by atoms with Gasteiger partial charge in [-0.05, 0) is 36.8 Å². The largest absolute Gasteiger partial charge is 0.478 e. The molecule has 120 valence electrons. The predicted octanol–water partition coefficient (Wildman–Crippen LogP) is 2.20. The molecule has 0 spiro atoms. The number of benzene rings is 2. The van der Waals surface area contributed by atoms with E-state index in [9.17, 15) is 14.4 Å². The van der Waals surface area contributed by atoms with Gasteiger partial charge in [0.25, 0.3) is 6.47 Å². The molecule has 23 heavy (non-hydrogen) atoms. The van der Waals surface area contributed by atoms with Crippen LogP contribution in [-0.2, 0) is 4.79 Å². The molecular formula is C16H15NO6. The maximum absolute atomic E-state index is 10.7. The van der Waals surface area contributed by atoms with Gasteiger partial charge in [-0.2, -0.15) is 0 Å². The number of aromatic carboxylic acids is 2. The number of rotatable bonds is 4. The summed E-state index contributed by atoms with van der Waals surface area (Å²) >= 11 is 0. The molecule has 0 atom stereocenters. The molecule has 4 N–H and O–H groups in total. The maximum atomic E-state index is 10.7. The van der Waals surface area contributed by atoms with Crippen molar-refractivity contribution in [2.45, 2.75) is 6.92 Å². The molecule has 0 heterocycles. The van der Waals surface area contributed by atoms with Gasteiger partial charge >= 0.3 is 11.9 Å². The second-order valence-electron chi connectivity index (χ2n) is 4.41. The second kappa shape index (κ2) is 8.18. The normalized spacial score (nSPS) is 9.26. The number of nitrogen functional groups attached to an aromatic ring is 1. The minimum Gasteiger partial charge on any atom is -0.478 e. The van der Waals surface area contributed by atoms with E-state index in [2.05, 4.69) is 4.74 Å². The third-order valence-electron chi connectivity index (χ3n) is 2.71. The molecule has 0 radical (unpaired) electrons. The van der Waals surface area contributed by atoms with Gasteiger partial charge < -0.3 is 20.7 Å². The van der Waals surface area contributed by atoms with E-state index in [0.29, 0.717) is 17.8 Å². The van der Waals surface area contributed by atoms with E-state index in [1.165, 1.54) is 12.1 Å². The zero-order chi connectivity index (χ0) is 17.4. The van der Waals surface area contributed by atoms with Gasteiger partial charge in [-0.1, -0.05) is 18.2 Å². The smallest absolute Gasteiger partial charge is 0.337 e. The van der Waals surface area contributed by atoms with Crippen molar-refractivity contribution in [3.05, 3.63) is 59.2 Å². The maximum Gasteiger partial charge on any atom is 0.337 e. The highest BCUT2D eigenvalue weighted by Crippen LogP contribution is 2.20. The van der Waals surface area contributed by atoms with E-state index < -0.39 is 11.9 Å². The molecule has 0 bridgehead atoms. The lowest BCUT2D eigenvalue weighted by Crippen LogP contribution is -2.09. The Bertz CT molecular complexity index is 677. The lowest BCUT2D eigenvalue weighted by Gasteiger charge is -2.06.